The third kappa shape index (κ3) is 4.67. The quantitative estimate of drug-likeness (QED) is 0.838. The molecule has 2 aliphatic rings. The molecule has 0 aromatic heterocycles. The summed E-state index contributed by atoms with van der Waals surface area (Å²) in [5.74, 6) is 1.06. The van der Waals surface area contributed by atoms with Crippen molar-refractivity contribution in [3.8, 4) is 0 Å². The molecule has 0 bridgehead atoms. The monoisotopic (exact) mass is 297 g/mol. The van der Waals surface area contributed by atoms with Crippen molar-refractivity contribution in [1.29, 1.82) is 0 Å². The first-order valence-corrected chi connectivity index (χ1v) is 8.79. The van der Waals surface area contributed by atoms with Crippen molar-refractivity contribution >= 4 is 0 Å². The number of aliphatic hydroxyl groups is 2. The molecule has 0 aliphatic heterocycles. The van der Waals surface area contributed by atoms with Gasteiger partial charge in [0.1, 0.15) is 0 Å². The molecule has 0 saturated heterocycles. The topological polar surface area (TPSA) is 43.7 Å². The molecule has 0 aromatic rings. The van der Waals surface area contributed by atoms with Gasteiger partial charge in [-0.1, -0.05) is 33.6 Å². The highest BCUT2D eigenvalue weighted by molar-refractivity contribution is 4.90. The lowest BCUT2D eigenvalue weighted by atomic mass is 9.68. The fraction of sp³-hybridized carbons (Fsp3) is 1.00. The average Bonchev–Trinajstić information content (AvgIpc) is 2.77. The summed E-state index contributed by atoms with van der Waals surface area (Å²) in [6.45, 7) is 8.62. The van der Waals surface area contributed by atoms with Crippen LogP contribution >= 0.6 is 0 Å². The summed E-state index contributed by atoms with van der Waals surface area (Å²) >= 11 is 0. The molecule has 2 N–H and O–H groups in total. The van der Waals surface area contributed by atoms with E-state index < -0.39 is 5.60 Å². The van der Waals surface area contributed by atoms with Gasteiger partial charge in [-0.2, -0.15) is 0 Å². The van der Waals surface area contributed by atoms with Crippen LogP contribution in [-0.4, -0.2) is 47.0 Å². The Morgan fingerprint density at radius 2 is 1.76 bits per heavy atom. The zero-order valence-electron chi connectivity index (χ0n) is 14.4. The maximum absolute atomic E-state index is 10.5. The highest BCUT2D eigenvalue weighted by Crippen LogP contribution is 2.40. The largest absolute Gasteiger partial charge is 0.393 e. The van der Waals surface area contributed by atoms with Gasteiger partial charge in [0.25, 0.3) is 0 Å². The first-order valence-electron chi connectivity index (χ1n) is 8.79. The lowest BCUT2D eigenvalue weighted by Crippen LogP contribution is -2.45. The Morgan fingerprint density at radius 1 is 1.14 bits per heavy atom. The van der Waals surface area contributed by atoms with Crippen LogP contribution in [0.2, 0.25) is 0 Å². The molecular weight excluding hydrogens is 262 g/mol. The summed E-state index contributed by atoms with van der Waals surface area (Å²) in [4.78, 5) is 2.25. The molecule has 21 heavy (non-hydrogen) atoms. The molecule has 2 saturated carbocycles. The normalized spacial score (nSPS) is 33.6. The predicted molar refractivity (Wildman–Crippen MR) is 87.2 cm³/mol. The molecule has 0 amide bonds. The Morgan fingerprint density at radius 3 is 2.33 bits per heavy atom. The van der Waals surface area contributed by atoms with E-state index in [0.29, 0.717) is 17.3 Å². The van der Waals surface area contributed by atoms with Crippen molar-refractivity contribution in [1.82, 2.24) is 4.90 Å². The number of nitrogens with zero attached hydrogens (tertiary/aromatic N) is 1. The summed E-state index contributed by atoms with van der Waals surface area (Å²) < 4.78 is 0. The molecule has 0 heterocycles. The minimum absolute atomic E-state index is 0.163. The van der Waals surface area contributed by atoms with Gasteiger partial charge in [0.15, 0.2) is 0 Å². The number of rotatable bonds is 4. The van der Waals surface area contributed by atoms with Crippen LogP contribution in [-0.2, 0) is 0 Å². The molecule has 3 heteroatoms. The number of hydrogen-bond acceptors (Lipinski definition) is 3. The molecule has 124 valence electrons. The molecule has 0 radical (unpaired) electrons. The minimum Gasteiger partial charge on any atom is -0.393 e. The predicted octanol–water partition coefficient (Wildman–Crippen LogP) is 3.05. The van der Waals surface area contributed by atoms with E-state index in [0.717, 1.165) is 58.0 Å². The third-order valence-electron chi connectivity index (χ3n) is 5.81. The zero-order chi connectivity index (χ0) is 15.7. The van der Waals surface area contributed by atoms with Gasteiger partial charge < -0.3 is 15.1 Å². The molecule has 2 rings (SSSR count). The summed E-state index contributed by atoms with van der Waals surface area (Å²) in [5, 5.41) is 20.9. The second kappa shape index (κ2) is 6.55. The highest BCUT2D eigenvalue weighted by Gasteiger charge is 2.37. The molecule has 3 nitrogen and oxygen atoms in total. The second-order valence-corrected chi connectivity index (χ2v) is 8.83. The van der Waals surface area contributed by atoms with Gasteiger partial charge in [-0.15, -0.1) is 0 Å². The number of hydrogen-bond donors (Lipinski definition) is 2. The summed E-state index contributed by atoms with van der Waals surface area (Å²) in [6.07, 6.45) is 7.23. The van der Waals surface area contributed by atoms with Gasteiger partial charge in [-0.3, -0.25) is 0 Å². The van der Waals surface area contributed by atoms with Crippen LogP contribution in [0.3, 0.4) is 0 Å². The van der Waals surface area contributed by atoms with Crippen molar-refractivity contribution in [2.45, 2.75) is 77.4 Å². The van der Waals surface area contributed by atoms with E-state index in [4.69, 9.17) is 0 Å². The summed E-state index contributed by atoms with van der Waals surface area (Å²) in [6, 6.07) is 0. The van der Waals surface area contributed by atoms with Gasteiger partial charge in [-0.25, -0.2) is 0 Å². The first kappa shape index (κ1) is 17.2. The molecule has 2 fully saturated rings. The lowest BCUT2D eigenvalue weighted by Gasteiger charge is -2.42. The molecule has 3 atom stereocenters. The van der Waals surface area contributed by atoms with E-state index in [1.165, 1.54) is 0 Å². The Hall–Kier alpha value is -0.120. The van der Waals surface area contributed by atoms with E-state index in [1.54, 1.807) is 0 Å². The van der Waals surface area contributed by atoms with Gasteiger partial charge in [0, 0.05) is 13.1 Å². The summed E-state index contributed by atoms with van der Waals surface area (Å²) in [5.41, 5.74) is -0.140. The van der Waals surface area contributed by atoms with E-state index in [2.05, 4.69) is 32.7 Å². The van der Waals surface area contributed by atoms with Crippen molar-refractivity contribution in [2.24, 2.45) is 17.3 Å². The van der Waals surface area contributed by atoms with Crippen LogP contribution < -0.4 is 0 Å². The van der Waals surface area contributed by atoms with Gasteiger partial charge in [0.2, 0.25) is 0 Å². The molecule has 2 aliphatic carbocycles. The Labute approximate surface area is 130 Å². The van der Waals surface area contributed by atoms with Crippen LogP contribution in [0, 0.1) is 17.3 Å². The second-order valence-electron chi connectivity index (χ2n) is 8.83. The van der Waals surface area contributed by atoms with E-state index in [1.807, 2.05) is 0 Å². The highest BCUT2D eigenvalue weighted by atomic mass is 16.3. The van der Waals surface area contributed by atoms with Crippen molar-refractivity contribution in [2.75, 3.05) is 20.1 Å². The standard InChI is InChI=1S/C18H35NO2/c1-17(2,3)15-7-8-16(20)14(11-15)12-19(4)13-18(21)9-5-6-10-18/h14-16,20-21H,5-13H2,1-4H3. The fourth-order valence-corrected chi connectivity index (χ4v) is 4.39. The maximum atomic E-state index is 10.5. The van der Waals surface area contributed by atoms with E-state index in [9.17, 15) is 10.2 Å². The van der Waals surface area contributed by atoms with Crippen LogP contribution in [0.5, 0.6) is 0 Å². The van der Waals surface area contributed by atoms with Gasteiger partial charge in [-0.05, 0) is 56.4 Å². The van der Waals surface area contributed by atoms with Crippen molar-refractivity contribution < 1.29 is 10.2 Å². The van der Waals surface area contributed by atoms with Crippen LogP contribution in [0.25, 0.3) is 0 Å². The molecule has 0 spiro atoms. The molecule has 0 aromatic carbocycles. The number of aliphatic hydroxyl groups excluding tert-OH is 1. The smallest absolute Gasteiger partial charge is 0.0774 e. The molecule has 3 unspecified atom stereocenters. The minimum atomic E-state index is -0.474. The van der Waals surface area contributed by atoms with E-state index >= 15 is 0 Å². The SMILES string of the molecule is CN(CC1CC(C(C)(C)C)CCC1O)CC1(O)CCCC1. The maximum Gasteiger partial charge on any atom is 0.0774 e. The summed E-state index contributed by atoms with van der Waals surface area (Å²) in [7, 11) is 2.10. The number of likely N-dealkylation sites (N-methyl/N-ethyl adjacent to an activating group) is 1. The van der Waals surface area contributed by atoms with Crippen LogP contribution in [0.1, 0.15) is 65.7 Å². The van der Waals surface area contributed by atoms with Gasteiger partial charge >= 0.3 is 0 Å². The Kier molecular flexibility index (Phi) is 5.38. The van der Waals surface area contributed by atoms with Crippen LogP contribution in [0.15, 0.2) is 0 Å². The average molecular weight is 297 g/mol. The first-order chi connectivity index (χ1) is 9.70. The van der Waals surface area contributed by atoms with Gasteiger partial charge in [0.05, 0.1) is 11.7 Å². The molecular formula is C18H35NO2. The fourth-order valence-electron chi connectivity index (χ4n) is 4.39. The zero-order valence-corrected chi connectivity index (χ0v) is 14.4. The Balaban J connectivity index is 1.87. The Bertz CT molecular complexity index is 331. The van der Waals surface area contributed by atoms with E-state index in [-0.39, 0.29) is 6.10 Å². The van der Waals surface area contributed by atoms with Crippen LogP contribution in [0.4, 0.5) is 0 Å². The lowest BCUT2D eigenvalue weighted by molar-refractivity contribution is -0.0188. The third-order valence-corrected chi connectivity index (χ3v) is 5.81. The van der Waals surface area contributed by atoms with Crippen molar-refractivity contribution in [3.63, 3.8) is 0 Å². The van der Waals surface area contributed by atoms with Crippen molar-refractivity contribution in [3.05, 3.63) is 0 Å².